The van der Waals surface area contributed by atoms with Crippen LogP contribution in [0, 0.1) is 6.92 Å². The Balaban J connectivity index is 2.23. The molecular weight excluding hydrogens is 336 g/mol. The molecule has 0 unspecified atom stereocenters. The highest BCUT2D eigenvalue weighted by Gasteiger charge is 2.20. The van der Waals surface area contributed by atoms with Crippen LogP contribution < -0.4 is 10.0 Å². The van der Waals surface area contributed by atoms with Gasteiger partial charge in [-0.05, 0) is 51.0 Å². The average molecular weight is 360 g/mol. The molecule has 0 bridgehead atoms. The number of aryl methyl sites for hydroxylation is 1. The first-order valence-corrected chi connectivity index (χ1v) is 9.53. The lowest BCUT2D eigenvalue weighted by Crippen LogP contribution is -2.41. The Hall–Kier alpha value is -2.18. The van der Waals surface area contributed by atoms with Gasteiger partial charge < -0.3 is 5.32 Å². The number of hydrogen-bond acceptors (Lipinski definition) is 3. The lowest BCUT2D eigenvalue weighted by molar-refractivity contribution is 0.0918. The van der Waals surface area contributed by atoms with Crippen LogP contribution in [-0.2, 0) is 16.6 Å². The van der Waals surface area contributed by atoms with Crippen molar-refractivity contribution in [3.05, 3.63) is 65.2 Å². The summed E-state index contributed by atoms with van der Waals surface area (Å²) < 4.78 is 27.6. The van der Waals surface area contributed by atoms with Crippen LogP contribution in [0.1, 0.15) is 42.3 Å². The molecule has 0 atom stereocenters. The van der Waals surface area contributed by atoms with E-state index in [0.29, 0.717) is 5.56 Å². The SMILES string of the molecule is Cc1ccc(S(=O)(=O)NCc2ccccc2)cc1C(=O)NC(C)(C)C. The van der Waals surface area contributed by atoms with Crippen molar-refractivity contribution in [1.82, 2.24) is 10.0 Å². The van der Waals surface area contributed by atoms with Gasteiger partial charge in [0.1, 0.15) is 0 Å². The van der Waals surface area contributed by atoms with Gasteiger partial charge in [-0.3, -0.25) is 4.79 Å². The lowest BCUT2D eigenvalue weighted by Gasteiger charge is -2.21. The average Bonchev–Trinajstić information content (AvgIpc) is 2.52. The van der Waals surface area contributed by atoms with Gasteiger partial charge in [-0.25, -0.2) is 13.1 Å². The van der Waals surface area contributed by atoms with Gasteiger partial charge in [0.25, 0.3) is 5.91 Å². The molecule has 0 radical (unpaired) electrons. The first-order chi connectivity index (χ1) is 11.6. The van der Waals surface area contributed by atoms with Crippen LogP contribution in [0.25, 0.3) is 0 Å². The number of rotatable bonds is 5. The minimum absolute atomic E-state index is 0.0769. The first-order valence-electron chi connectivity index (χ1n) is 8.05. The molecule has 2 rings (SSSR count). The zero-order chi connectivity index (χ0) is 18.7. The summed E-state index contributed by atoms with van der Waals surface area (Å²) in [6.07, 6.45) is 0. The van der Waals surface area contributed by atoms with Crippen molar-refractivity contribution in [2.24, 2.45) is 0 Å². The van der Waals surface area contributed by atoms with E-state index in [0.717, 1.165) is 11.1 Å². The van der Waals surface area contributed by atoms with E-state index >= 15 is 0 Å². The fourth-order valence-corrected chi connectivity index (χ4v) is 3.32. The van der Waals surface area contributed by atoms with E-state index < -0.39 is 15.6 Å². The van der Waals surface area contributed by atoms with Crippen molar-refractivity contribution in [2.45, 2.75) is 44.7 Å². The normalized spacial score (nSPS) is 12.0. The molecule has 0 aliphatic heterocycles. The third kappa shape index (κ3) is 5.41. The fraction of sp³-hybridized carbons (Fsp3) is 0.316. The van der Waals surface area contributed by atoms with Crippen LogP contribution in [-0.4, -0.2) is 19.9 Å². The van der Waals surface area contributed by atoms with Crippen LogP contribution in [0.3, 0.4) is 0 Å². The quantitative estimate of drug-likeness (QED) is 0.861. The molecule has 0 aliphatic carbocycles. The summed E-state index contributed by atoms with van der Waals surface area (Å²) in [5, 5.41) is 2.86. The van der Waals surface area contributed by atoms with E-state index in [2.05, 4.69) is 10.0 Å². The number of carbonyl (C=O) groups is 1. The third-order valence-electron chi connectivity index (χ3n) is 3.56. The molecule has 134 valence electrons. The second-order valence-corrected chi connectivity index (χ2v) is 8.76. The first kappa shape index (κ1) is 19.1. The number of carbonyl (C=O) groups excluding carboxylic acids is 1. The zero-order valence-electron chi connectivity index (χ0n) is 15.0. The molecule has 0 aliphatic rings. The molecule has 5 nitrogen and oxygen atoms in total. The van der Waals surface area contributed by atoms with Gasteiger partial charge in [0.2, 0.25) is 10.0 Å². The molecular formula is C19H24N2O3S. The van der Waals surface area contributed by atoms with Crippen LogP contribution >= 0.6 is 0 Å². The van der Waals surface area contributed by atoms with Crippen LogP contribution in [0.5, 0.6) is 0 Å². The molecule has 25 heavy (non-hydrogen) atoms. The monoisotopic (exact) mass is 360 g/mol. The summed E-state index contributed by atoms with van der Waals surface area (Å²) in [5.74, 6) is -0.287. The van der Waals surface area contributed by atoms with Crippen LogP contribution in [0.2, 0.25) is 0 Å². The Morgan fingerprint density at radius 3 is 2.28 bits per heavy atom. The maximum absolute atomic E-state index is 12.5. The number of amides is 1. The van der Waals surface area contributed by atoms with E-state index in [1.807, 2.05) is 51.1 Å². The highest BCUT2D eigenvalue weighted by molar-refractivity contribution is 7.89. The van der Waals surface area contributed by atoms with E-state index in [1.54, 1.807) is 13.0 Å². The Morgan fingerprint density at radius 2 is 1.68 bits per heavy atom. The Kier molecular flexibility index (Phi) is 5.65. The zero-order valence-corrected chi connectivity index (χ0v) is 15.8. The topological polar surface area (TPSA) is 75.3 Å². The lowest BCUT2D eigenvalue weighted by atomic mass is 10.0. The van der Waals surface area contributed by atoms with Crippen LogP contribution in [0.4, 0.5) is 0 Å². The van der Waals surface area contributed by atoms with Crippen molar-refractivity contribution in [2.75, 3.05) is 0 Å². The molecule has 2 aromatic carbocycles. The number of nitrogens with one attached hydrogen (secondary N) is 2. The number of sulfonamides is 1. The van der Waals surface area contributed by atoms with E-state index in [9.17, 15) is 13.2 Å². The van der Waals surface area contributed by atoms with Crippen molar-refractivity contribution >= 4 is 15.9 Å². The minimum Gasteiger partial charge on any atom is -0.347 e. The summed E-state index contributed by atoms with van der Waals surface area (Å²) >= 11 is 0. The molecule has 0 saturated heterocycles. The highest BCUT2D eigenvalue weighted by Crippen LogP contribution is 2.17. The molecule has 2 aromatic rings. The maximum Gasteiger partial charge on any atom is 0.251 e. The molecule has 0 aromatic heterocycles. The standard InChI is InChI=1S/C19H24N2O3S/c1-14-10-11-16(12-17(14)18(22)21-19(2,3)4)25(23,24)20-13-15-8-6-5-7-9-15/h5-12,20H,13H2,1-4H3,(H,21,22). The summed E-state index contributed by atoms with van der Waals surface area (Å²) in [6.45, 7) is 7.61. The molecule has 0 fully saturated rings. The van der Waals surface area contributed by atoms with Gasteiger partial charge in [0.05, 0.1) is 4.90 Å². The summed E-state index contributed by atoms with van der Waals surface area (Å²) in [5.41, 5.74) is 1.55. The van der Waals surface area contributed by atoms with Crippen molar-refractivity contribution in [1.29, 1.82) is 0 Å². The van der Waals surface area contributed by atoms with Gasteiger partial charge in [-0.1, -0.05) is 36.4 Å². The van der Waals surface area contributed by atoms with E-state index in [1.165, 1.54) is 12.1 Å². The third-order valence-corrected chi connectivity index (χ3v) is 4.96. The molecule has 0 saturated carbocycles. The van der Waals surface area contributed by atoms with Crippen molar-refractivity contribution in [3.63, 3.8) is 0 Å². The summed E-state index contributed by atoms with van der Waals surface area (Å²) in [7, 11) is -3.70. The van der Waals surface area contributed by atoms with Gasteiger partial charge in [0.15, 0.2) is 0 Å². The summed E-state index contributed by atoms with van der Waals surface area (Å²) in [4.78, 5) is 12.5. The highest BCUT2D eigenvalue weighted by atomic mass is 32.2. The smallest absolute Gasteiger partial charge is 0.251 e. The molecule has 6 heteroatoms. The fourth-order valence-electron chi connectivity index (χ4n) is 2.28. The minimum atomic E-state index is -3.70. The van der Waals surface area contributed by atoms with Gasteiger partial charge in [-0.2, -0.15) is 0 Å². The van der Waals surface area contributed by atoms with Crippen molar-refractivity contribution < 1.29 is 13.2 Å². The molecule has 0 heterocycles. The predicted molar refractivity (Wildman–Crippen MR) is 98.9 cm³/mol. The van der Waals surface area contributed by atoms with Crippen LogP contribution in [0.15, 0.2) is 53.4 Å². The predicted octanol–water partition coefficient (Wildman–Crippen LogP) is 3.00. The Labute approximate surface area is 149 Å². The Bertz CT molecular complexity index is 854. The largest absolute Gasteiger partial charge is 0.347 e. The van der Waals surface area contributed by atoms with E-state index in [4.69, 9.17) is 0 Å². The number of hydrogen-bond donors (Lipinski definition) is 2. The van der Waals surface area contributed by atoms with E-state index in [-0.39, 0.29) is 17.3 Å². The molecule has 2 N–H and O–H groups in total. The van der Waals surface area contributed by atoms with Gasteiger partial charge in [-0.15, -0.1) is 0 Å². The summed E-state index contributed by atoms with van der Waals surface area (Å²) in [6, 6.07) is 13.8. The molecule has 0 spiro atoms. The second-order valence-electron chi connectivity index (χ2n) is 6.99. The number of benzene rings is 2. The van der Waals surface area contributed by atoms with Gasteiger partial charge >= 0.3 is 0 Å². The molecule has 1 amide bonds. The Morgan fingerprint density at radius 1 is 1.04 bits per heavy atom. The van der Waals surface area contributed by atoms with Gasteiger partial charge in [0, 0.05) is 17.6 Å². The van der Waals surface area contributed by atoms with Crippen molar-refractivity contribution in [3.8, 4) is 0 Å². The second kappa shape index (κ2) is 7.37. The maximum atomic E-state index is 12.5.